The third-order valence-corrected chi connectivity index (χ3v) is 9.03. The van der Waals surface area contributed by atoms with Gasteiger partial charge in [0.25, 0.3) is 5.91 Å². The van der Waals surface area contributed by atoms with Crippen molar-refractivity contribution in [1.29, 1.82) is 0 Å². The lowest BCUT2D eigenvalue weighted by Crippen LogP contribution is -2.73. The molecule has 3 saturated carbocycles. The Kier molecular flexibility index (Phi) is 3.90. The normalized spacial score (nSPS) is 27.0. The Balaban J connectivity index is 1.47. The lowest BCUT2D eigenvalue weighted by Gasteiger charge is -2.67. The van der Waals surface area contributed by atoms with E-state index in [4.69, 9.17) is 0 Å². The third kappa shape index (κ3) is 2.57. The molecule has 1 N–H and O–H groups in total. The average molecular weight is 458 g/mol. The van der Waals surface area contributed by atoms with Gasteiger partial charge in [-0.25, -0.2) is 0 Å². The zero-order valence-corrected chi connectivity index (χ0v) is 18.8. The summed E-state index contributed by atoms with van der Waals surface area (Å²) in [5, 5.41) is 12.9. The minimum absolute atomic E-state index is 0.0744. The number of fused-ring (bicyclic) bond motifs is 3. The van der Waals surface area contributed by atoms with E-state index >= 15 is 0 Å². The molecule has 2 aliphatic heterocycles. The maximum atomic E-state index is 13.6. The van der Waals surface area contributed by atoms with Crippen LogP contribution in [0.4, 0.5) is 0 Å². The van der Waals surface area contributed by atoms with Crippen molar-refractivity contribution in [3.63, 3.8) is 0 Å². The minimum Gasteiger partial charge on any atom is -0.502 e. The highest BCUT2D eigenvalue weighted by Gasteiger charge is 2.62. The van der Waals surface area contributed by atoms with Crippen LogP contribution in [0.15, 0.2) is 70.5 Å². The first-order chi connectivity index (χ1) is 16.1. The molecule has 3 aromatic rings. The van der Waals surface area contributed by atoms with Crippen LogP contribution in [0.2, 0.25) is 0 Å². The predicted octanol–water partition coefficient (Wildman–Crippen LogP) is 3.85. The molecule has 3 heterocycles. The molecule has 1 amide bonds. The van der Waals surface area contributed by atoms with E-state index in [-0.39, 0.29) is 23.2 Å². The number of thioether (sulfide) groups is 1. The Morgan fingerprint density at radius 1 is 0.939 bits per heavy atom. The van der Waals surface area contributed by atoms with Crippen LogP contribution in [-0.2, 0) is 5.75 Å². The van der Waals surface area contributed by atoms with Gasteiger partial charge in [-0.3, -0.25) is 19.3 Å². The van der Waals surface area contributed by atoms with Crippen molar-refractivity contribution in [2.45, 2.75) is 41.5 Å². The highest BCUT2D eigenvalue weighted by atomic mass is 32.2. The number of aromatic hydroxyl groups is 1. The summed E-state index contributed by atoms with van der Waals surface area (Å²) < 4.78 is 1.72. The van der Waals surface area contributed by atoms with Crippen LogP contribution in [0, 0.1) is 5.92 Å². The van der Waals surface area contributed by atoms with E-state index in [0.29, 0.717) is 12.6 Å². The molecular formula is C26H23N3O3S. The molecular weight excluding hydrogens is 434 g/mol. The standard InChI is InChI=1S/C26H23N3O3S/c30-20-9-10-28-23(24(20)31)25(32)27(26-11-16(12-26)13-26)15-29(28)22-18-6-2-1-5-17(18)14-33-21-8-4-3-7-19(21)22/h1-10,16,22,31H,11-15H2/t16?,22-,26?/m0/s1. The fourth-order valence-electron chi connectivity index (χ4n) is 6.08. The zero-order valence-electron chi connectivity index (χ0n) is 18.0. The van der Waals surface area contributed by atoms with E-state index in [9.17, 15) is 14.7 Å². The van der Waals surface area contributed by atoms with Crippen LogP contribution in [0.25, 0.3) is 0 Å². The lowest BCUT2D eigenvalue weighted by atomic mass is 9.49. The van der Waals surface area contributed by atoms with E-state index in [1.165, 1.54) is 27.7 Å². The number of benzene rings is 2. The molecule has 3 aliphatic carbocycles. The molecule has 6 nitrogen and oxygen atoms in total. The van der Waals surface area contributed by atoms with Crippen LogP contribution >= 0.6 is 11.8 Å². The van der Waals surface area contributed by atoms with Crippen LogP contribution in [0.3, 0.4) is 0 Å². The molecule has 7 heteroatoms. The van der Waals surface area contributed by atoms with E-state index in [1.807, 2.05) is 16.7 Å². The van der Waals surface area contributed by atoms with Gasteiger partial charge in [-0.2, -0.15) is 0 Å². The topological polar surface area (TPSA) is 65.8 Å². The van der Waals surface area contributed by atoms with Crippen LogP contribution in [-0.4, -0.2) is 32.8 Å². The largest absolute Gasteiger partial charge is 0.502 e. The van der Waals surface area contributed by atoms with Crippen LogP contribution in [0.1, 0.15) is 52.5 Å². The molecule has 166 valence electrons. The summed E-state index contributed by atoms with van der Waals surface area (Å²) in [6.07, 6.45) is 4.67. The van der Waals surface area contributed by atoms with Crippen molar-refractivity contribution in [3.05, 3.63) is 93.4 Å². The Morgan fingerprint density at radius 3 is 2.42 bits per heavy atom. The monoisotopic (exact) mass is 457 g/mol. The molecule has 1 aromatic heterocycles. The Bertz CT molecular complexity index is 1320. The number of pyridine rings is 1. The van der Waals surface area contributed by atoms with E-state index in [2.05, 4.69) is 53.5 Å². The molecule has 5 aliphatic rings. The fraction of sp³-hybridized carbons (Fsp3) is 0.308. The van der Waals surface area contributed by atoms with Crippen molar-refractivity contribution in [2.75, 3.05) is 11.7 Å². The highest BCUT2D eigenvalue weighted by Crippen LogP contribution is 2.61. The average Bonchev–Trinajstić information content (AvgIpc) is 2.93. The van der Waals surface area contributed by atoms with E-state index < -0.39 is 11.2 Å². The zero-order chi connectivity index (χ0) is 22.3. The van der Waals surface area contributed by atoms with Crippen LogP contribution < -0.4 is 10.4 Å². The second-order valence-corrected chi connectivity index (χ2v) is 10.7. The van der Waals surface area contributed by atoms with Gasteiger partial charge in [0.15, 0.2) is 11.4 Å². The van der Waals surface area contributed by atoms with Gasteiger partial charge in [0.05, 0.1) is 6.04 Å². The van der Waals surface area contributed by atoms with Gasteiger partial charge in [0.1, 0.15) is 6.67 Å². The summed E-state index contributed by atoms with van der Waals surface area (Å²) in [6, 6.07) is 18.1. The smallest absolute Gasteiger partial charge is 0.278 e. The number of carbonyl (C=O) groups excluding carboxylic acids is 1. The second kappa shape index (κ2) is 6.67. The predicted molar refractivity (Wildman–Crippen MR) is 126 cm³/mol. The molecule has 0 unspecified atom stereocenters. The summed E-state index contributed by atoms with van der Waals surface area (Å²) >= 11 is 1.82. The maximum absolute atomic E-state index is 13.6. The Morgan fingerprint density at radius 2 is 1.67 bits per heavy atom. The van der Waals surface area contributed by atoms with Gasteiger partial charge in [0, 0.05) is 28.5 Å². The maximum Gasteiger partial charge on any atom is 0.278 e. The first-order valence-corrected chi connectivity index (χ1v) is 12.4. The number of aromatic nitrogens is 1. The molecule has 3 fully saturated rings. The summed E-state index contributed by atoms with van der Waals surface area (Å²) in [5.74, 6) is 0.863. The Labute approximate surface area is 195 Å². The van der Waals surface area contributed by atoms with Gasteiger partial charge in [-0.05, 0) is 47.9 Å². The number of rotatable bonds is 2. The lowest BCUT2D eigenvalue weighted by molar-refractivity contribution is -0.128. The van der Waals surface area contributed by atoms with Gasteiger partial charge in [-0.15, -0.1) is 11.8 Å². The van der Waals surface area contributed by atoms with Crippen molar-refractivity contribution in [2.24, 2.45) is 5.92 Å². The van der Waals surface area contributed by atoms with Crippen molar-refractivity contribution >= 4 is 17.7 Å². The third-order valence-electron chi connectivity index (χ3n) is 7.89. The molecule has 0 saturated heterocycles. The summed E-state index contributed by atoms with van der Waals surface area (Å²) in [4.78, 5) is 29.1. The molecule has 8 rings (SSSR count). The quantitative estimate of drug-likeness (QED) is 0.633. The molecule has 0 spiro atoms. The van der Waals surface area contributed by atoms with Crippen molar-refractivity contribution in [1.82, 2.24) is 9.58 Å². The molecule has 33 heavy (non-hydrogen) atoms. The number of amides is 1. The minimum atomic E-state index is -0.522. The first-order valence-electron chi connectivity index (χ1n) is 11.4. The summed E-state index contributed by atoms with van der Waals surface area (Å²) in [5.41, 5.74) is 3.03. The van der Waals surface area contributed by atoms with Gasteiger partial charge >= 0.3 is 0 Å². The molecule has 2 aromatic carbocycles. The van der Waals surface area contributed by atoms with Gasteiger partial charge < -0.3 is 10.0 Å². The number of hydrogen-bond donors (Lipinski definition) is 1. The number of hydrogen-bond acceptors (Lipinski definition) is 5. The fourth-order valence-corrected chi connectivity index (χ4v) is 7.18. The molecule has 0 radical (unpaired) electrons. The summed E-state index contributed by atoms with van der Waals surface area (Å²) in [7, 11) is 0. The number of nitrogens with zero attached hydrogens (tertiary/aromatic N) is 3. The summed E-state index contributed by atoms with van der Waals surface area (Å²) in [6.45, 7) is 0.416. The second-order valence-electron chi connectivity index (χ2n) is 9.67. The SMILES string of the molecule is O=C1c2c(O)c(=O)ccn2N([C@H]2c3ccccc3CSc3ccccc32)CN1C12CC(C1)C2. The van der Waals surface area contributed by atoms with Crippen molar-refractivity contribution < 1.29 is 9.90 Å². The highest BCUT2D eigenvalue weighted by molar-refractivity contribution is 7.98. The first kappa shape index (κ1) is 19.3. The number of carbonyl (C=O) groups is 1. The van der Waals surface area contributed by atoms with Crippen molar-refractivity contribution in [3.8, 4) is 5.75 Å². The molecule has 1 atom stereocenters. The Hall–Kier alpha value is -3.19. The molecule has 2 bridgehead atoms. The van der Waals surface area contributed by atoms with E-state index in [1.54, 1.807) is 10.9 Å². The van der Waals surface area contributed by atoms with E-state index in [0.717, 1.165) is 25.0 Å². The van der Waals surface area contributed by atoms with Gasteiger partial charge in [0.2, 0.25) is 5.43 Å². The van der Waals surface area contributed by atoms with Gasteiger partial charge in [-0.1, -0.05) is 42.5 Å². The van der Waals surface area contributed by atoms with Crippen LogP contribution in [0.5, 0.6) is 5.75 Å².